The van der Waals surface area contributed by atoms with E-state index in [2.05, 4.69) is 9.97 Å². The second kappa shape index (κ2) is 7.15. The lowest BCUT2D eigenvalue weighted by atomic mass is 10.2. The Kier molecular flexibility index (Phi) is 5.09. The fourth-order valence-electron chi connectivity index (χ4n) is 2.78. The highest BCUT2D eigenvalue weighted by molar-refractivity contribution is 6.34. The van der Waals surface area contributed by atoms with Gasteiger partial charge in [-0.1, -0.05) is 11.6 Å². The van der Waals surface area contributed by atoms with Gasteiger partial charge in [0.05, 0.1) is 19.2 Å². The van der Waals surface area contributed by atoms with E-state index in [-0.39, 0.29) is 12.2 Å². The molecule has 1 fully saturated rings. The molecule has 0 bridgehead atoms. The summed E-state index contributed by atoms with van der Waals surface area (Å²) in [5.41, 5.74) is 0.157. The van der Waals surface area contributed by atoms with Crippen LogP contribution in [0.3, 0.4) is 0 Å². The number of amides is 1. The van der Waals surface area contributed by atoms with Crippen molar-refractivity contribution in [3.63, 3.8) is 0 Å². The molecular weight excluding hydrogens is 358 g/mol. The van der Waals surface area contributed by atoms with Gasteiger partial charge in [-0.2, -0.15) is 0 Å². The molecule has 0 unspecified atom stereocenters. The first-order valence-electron chi connectivity index (χ1n) is 8.39. The van der Waals surface area contributed by atoms with Crippen molar-refractivity contribution >= 4 is 28.6 Å². The van der Waals surface area contributed by atoms with Crippen LogP contribution in [0.5, 0.6) is 11.5 Å². The molecule has 1 aliphatic heterocycles. The van der Waals surface area contributed by atoms with Crippen LogP contribution in [-0.4, -0.2) is 52.9 Å². The van der Waals surface area contributed by atoms with Crippen molar-refractivity contribution in [2.75, 3.05) is 20.2 Å². The van der Waals surface area contributed by atoms with E-state index in [1.807, 2.05) is 20.8 Å². The van der Waals surface area contributed by atoms with Crippen LogP contribution in [0.4, 0.5) is 4.79 Å². The number of nitrogens with zero attached hydrogens (tertiary/aromatic N) is 3. The van der Waals surface area contributed by atoms with Crippen molar-refractivity contribution in [3.05, 3.63) is 23.6 Å². The van der Waals surface area contributed by atoms with E-state index in [1.54, 1.807) is 24.1 Å². The summed E-state index contributed by atoms with van der Waals surface area (Å²) in [5, 5.41) is 1.04. The summed E-state index contributed by atoms with van der Waals surface area (Å²) in [5.74, 6) is 1.11. The van der Waals surface area contributed by atoms with Gasteiger partial charge in [-0.15, -0.1) is 0 Å². The summed E-state index contributed by atoms with van der Waals surface area (Å²) in [6, 6.07) is 3.53. The standard InChI is InChI=1S/C18H22ClN3O4/c1-18(2,3)26-17(23)22-6-5-11(9-22)25-15-7-12-13(8-14(15)24-4)20-10-21-16(12)19/h7-8,10-11H,5-6,9H2,1-4H3/t11-/m1/s1. The molecule has 0 N–H and O–H groups in total. The summed E-state index contributed by atoms with van der Waals surface area (Å²) in [6.07, 6.45) is 1.63. The highest BCUT2D eigenvalue weighted by atomic mass is 35.5. The number of methoxy groups -OCH3 is 1. The zero-order valence-corrected chi connectivity index (χ0v) is 16.0. The molecule has 0 radical (unpaired) electrons. The van der Waals surface area contributed by atoms with Crippen molar-refractivity contribution < 1.29 is 19.0 Å². The van der Waals surface area contributed by atoms with E-state index < -0.39 is 5.60 Å². The third-order valence-corrected chi connectivity index (χ3v) is 4.26. The summed E-state index contributed by atoms with van der Waals surface area (Å²) in [6.45, 7) is 6.58. The molecule has 1 amide bonds. The van der Waals surface area contributed by atoms with Gasteiger partial charge in [-0.3, -0.25) is 0 Å². The fourth-order valence-corrected chi connectivity index (χ4v) is 2.98. The summed E-state index contributed by atoms with van der Waals surface area (Å²) in [4.78, 5) is 22.0. The molecule has 1 atom stereocenters. The molecule has 0 saturated carbocycles. The maximum Gasteiger partial charge on any atom is 0.410 e. The first-order valence-corrected chi connectivity index (χ1v) is 8.77. The molecule has 3 rings (SSSR count). The molecule has 1 aromatic carbocycles. The third-order valence-electron chi connectivity index (χ3n) is 3.96. The summed E-state index contributed by atoms with van der Waals surface area (Å²) >= 11 is 6.15. The minimum Gasteiger partial charge on any atom is -0.493 e. The predicted molar refractivity (Wildman–Crippen MR) is 97.9 cm³/mol. The average Bonchev–Trinajstić information content (AvgIpc) is 3.02. The van der Waals surface area contributed by atoms with E-state index in [4.69, 9.17) is 25.8 Å². The van der Waals surface area contributed by atoms with Gasteiger partial charge in [0.1, 0.15) is 23.2 Å². The Labute approximate surface area is 157 Å². The highest BCUT2D eigenvalue weighted by Gasteiger charge is 2.31. The molecule has 8 heteroatoms. The number of halogens is 1. The SMILES string of the molecule is COc1cc2ncnc(Cl)c2cc1O[C@@H]1CCN(C(=O)OC(C)(C)C)C1. The Hall–Kier alpha value is -2.28. The van der Waals surface area contributed by atoms with Crippen molar-refractivity contribution in [2.45, 2.75) is 38.9 Å². The van der Waals surface area contributed by atoms with Gasteiger partial charge >= 0.3 is 6.09 Å². The number of carbonyl (C=O) groups is 1. The van der Waals surface area contributed by atoms with Crippen LogP contribution in [0.15, 0.2) is 18.5 Å². The van der Waals surface area contributed by atoms with Crippen LogP contribution in [0.2, 0.25) is 5.15 Å². The van der Waals surface area contributed by atoms with Gasteiger partial charge in [-0.25, -0.2) is 14.8 Å². The van der Waals surface area contributed by atoms with Crippen LogP contribution in [0.1, 0.15) is 27.2 Å². The van der Waals surface area contributed by atoms with Crippen LogP contribution in [-0.2, 0) is 4.74 Å². The monoisotopic (exact) mass is 379 g/mol. The lowest BCUT2D eigenvalue weighted by Crippen LogP contribution is -2.36. The maximum absolute atomic E-state index is 12.2. The van der Waals surface area contributed by atoms with E-state index in [0.29, 0.717) is 47.1 Å². The zero-order chi connectivity index (χ0) is 18.9. The molecule has 0 spiro atoms. The number of rotatable bonds is 3. The van der Waals surface area contributed by atoms with Crippen LogP contribution < -0.4 is 9.47 Å². The second-order valence-corrected chi connectivity index (χ2v) is 7.50. The van der Waals surface area contributed by atoms with E-state index in [1.165, 1.54) is 6.33 Å². The largest absolute Gasteiger partial charge is 0.493 e. The first kappa shape index (κ1) is 18.5. The fraction of sp³-hybridized carbons (Fsp3) is 0.500. The van der Waals surface area contributed by atoms with E-state index in [0.717, 1.165) is 0 Å². The molecule has 1 aliphatic rings. The number of hydrogen-bond acceptors (Lipinski definition) is 6. The lowest BCUT2D eigenvalue weighted by molar-refractivity contribution is 0.0275. The van der Waals surface area contributed by atoms with Gasteiger partial charge < -0.3 is 19.1 Å². The van der Waals surface area contributed by atoms with Crippen LogP contribution in [0, 0.1) is 0 Å². The number of likely N-dealkylation sites (tertiary alicyclic amines) is 1. The van der Waals surface area contributed by atoms with Crippen LogP contribution >= 0.6 is 11.6 Å². The van der Waals surface area contributed by atoms with Crippen molar-refractivity contribution in [1.82, 2.24) is 14.9 Å². The Balaban J connectivity index is 1.75. The summed E-state index contributed by atoms with van der Waals surface area (Å²) < 4.78 is 16.9. The van der Waals surface area contributed by atoms with Crippen LogP contribution in [0.25, 0.3) is 10.9 Å². The number of fused-ring (bicyclic) bond motifs is 1. The minimum absolute atomic E-state index is 0.155. The topological polar surface area (TPSA) is 73.8 Å². The molecule has 1 aromatic heterocycles. The van der Waals surface area contributed by atoms with Gasteiger partial charge in [0.15, 0.2) is 11.5 Å². The Morgan fingerprint density at radius 2 is 2.04 bits per heavy atom. The average molecular weight is 380 g/mol. The Bertz CT molecular complexity index is 822. The second-order valence-electron chi connectivity index (χ2n) is 7.14. The predicted octanol–water partition coefficient (Wildman–Crippen LogP) is 3.68. The third kappa shape index (κ3) is 4.09. The van der Waals surface area contributed by atoms with Crippen molar-refractivity contribution in [1.29, 1.82) is 0 Å². The quantitative estimate of drug-likeness (QED) is 0.757. The number of aromatic nitrogens is 2. The zero-order valence-electron chi connectivity index (χ0n) is 15.3. The molecule has 7 nitrogen and oxygen atoms in total. The van der Waals surface area contributed by atoms with Crippen molar-refractivity contribution in [2.24, 2.45) is 0 Å². The number of benzene rings is 1. The maximum atomic E-state index is 12.2. The molecule has 1 saturated heterocycles. The van der Waals surface area contributed by atoms with Crippen molar-refractivity contribution in [3.8, 4) is 11.5 Å². The highest BCUT2D eigenvalue weighted by Crippen LogP contribution is 2.35. The molecular formula is C18H22ClN3O4. The Morgan fingerprint density at radius 3 is 2.73 bits per heavy atom. The van der Waals surface area contributed by atoms with Gasteiger partial charge in [0.25, 0.3) is 0 Å². The summed E-state index contributed by atoms with van der Waals surface area (Å²) in [7, 11) is 1.57. The molecule has 140 valence electrons. The first-order chi connectivity index (χ1) is 12.3. The molecule has 2 aromatic rings. The number of carbonyl (C=O) groups excluding carboxylic acids is 1. The number of ether oxygens (including phenoxy) is 3. The normalized spacial score (nSPS) is 17.4. The van der Waals surface area contributed by atoms with E-state index >= 15 is 0 Å². The number of hydrogen-bond donors (Lipinski definition) is 0. The van der Waals surface area contributed by atoms with Gasteiger partial charge in [0, 0.05) is 24.4 Å². The van der Waals surface area contributed by atoms with E-state index in [9.17, 15) is 4.79 Å². The van der Waals surface area contributed by atoms with Gasteiger partial charge in [0.2, 0.25) is 0 Å². The minimum atomic E-state index is -0.520. The Morgan fingerprint density at radius 1 is 1.27 bits per heavy atom. The lowest BCUT2D eigenvalue weighted by Gasteiger charge is -2.24. The molecule has 2 heterocycles. The molecule has 0 aliphatic carbocycles. The smallest absolute Gasteiger partial charge is 0.410 e. The van der Waals surface area contributed by atoms with Gasteiger partial charge in [-0.05, 0) is 26.8 Å². The molecule has 26 heavy (non-hydrogen) atoms.